The summed E-state index contributed by atoms with van der Waals surface area (Å²) in [4.78, 5) is 20.9. The van der Waals surface area contributed by atoms with Gasteiger partial charge in [0.2, 0.25) is 0 Å². The Bertz CT molecular complexity index is 307. The van der Waals surface area contributed by atoms with Crippen LogP contribution in [0.1, 0.15) is 34.1 Å². The fraction of sp³-hybridized carbons (Fsp3) is 0.692. The molecule has 0 saturated heterocycles. The van der Waals surface area contributed by atoms with Crippen LogP contribution in [-0.2, 0) is 14.3 Å². The quantitative estimate of drug-likeness (QED) is 0.621. The molecule has 0 radical (unpaired) electrons. The Kier molecular flexibility index (Phi) is 6.44. The zero-order valence-electron chi connectivity index (χ0n) is 11.6. The summed E-state index contributed by atoms with van der Waals surface area (Å²) < 4.78 is 9.39. The molecule has 5 heteroatoms. The van der Waals surface area contributed by atoms with Crippen molar-refractivity contribution in [3.63, 3.8) is 0 Å². The molecular weight excluding hydrogens is 234 g/mol. The van der Waals surface area contributed by atoms with Crippen molar-refractivity contribution in [1.29, 1.82) is 0 Å². The minimum absolute atomic E-state index is 0.0626. The van der Waals surface area contributed by atoms with Crippen LogP contribution < -0.4 is 5.73 Å². The van der Waals surface area contributed by atoms with Gasteiger partial charge in [-0.05, 0) is 40.0 Å². The normalized spacial score (nSPS) is 21.1. The third kappa shape index (κ3) is 7.70. The van der Waals surface area contributed by atoms with E-state index in [1.165, 1.54) is 0 Å². The van der Waals surface area contributed by atoms with Crippen LogP contribution in [0.2, 0.25) is 0 Å². The number of allylic oxidation sites excluding steroid dienone is 1. The average Bonchev–Trinajstić information content (AvgIpc) is 2.93. The first kappa shape index (κ1) is 16.5. The monoisotopic (exact) mass is 257 g/mol. The largest absolute Gasteiger partial charge is 0.466 e. The molecule has 1 aliphatic carbocycles. The molecule has 0 aromatic rings. The second-order valence-electron chi connectivity index (χ2n) is 5.03. The van der Waals surface area contributed by atoms with Crippen molar-refractivity contribution in [1.82, 2.24) is 0 Å². The summed E-state index contributed by atoms with van der Waals surface area (Å²) in [7, 11) is 0. The molecule has 104 valence electrons. The van der Waals surface area contributed by atoms with Gasteiger partial charge < -0.3 is 15.2 Å². The molecular formula is C13H23NO4. The molecule has 1 rings (SSSR count). The van der Waals surface area contributed by atoms with E-state index in [0.29, 0.717) is 12.5 Å². The maximum atomic E-state index is 10.9. The molecule has 1 fully saturated rings. The van der Waals surface area contributed by atoms with E-state index < -0.39 is 11.7 Å². The van der Waals surface area contributed by atoms with E-state index in [1.807, 2.05) is 13.0 Å². The number of esters is 1. The molecule has 5 nitrogen and oxygen atoms in total. The van der Waals surface area contributed by atoms with Gasteiger partial charge in [-0.3, -0.25) is 4.79 Å². The van der Waals surface area contributed by atoms with E-state index >= 15 is 0 Å². The lowest BCUT2D eigenvalue weighted by Crippen LogP contribution is -2.27. The summed E-state index contributed by atoms with van der Waals surface area (Å²) in [5.41, 5.74) is 4.26. The molecule has 18 heavy (non-hydrogen) atoms. The number of hydrogen-bond acceptors (Lipinski definition) is 4. The SMILES string of the molecule is C=CC1CC1C(=O)OCC.CC(C)(C)OC(N)=O. The highest BCUT2D eigenvalue weighted by Gasteiger charge is 2.41. The third-order valence-electron chi connectivity index (χ3n) is 2.14. The molecule has 0 spiro atoms. The van der Waals surface area contributed by atoms with Crippen molar-refractivity contribution in [3.8, 4) is 0 Å². The van der Waals surface area contributed by atoms with Crippen LogP contribution in [0.5, 0.6) is 0 Å². The fourth-order valence-electron chi connectivity index (χ4n) is 1.30. The van der Waals surface area contributed by atoms with E-state index in [9.17, 15) is 9.59 Å². The van der Waals surface area contributed by atoms with Gasteiger partial charge in [-0.2, -0.15) is 0 Å². The topological polar surface area (TPSA) is 78.6 Å². The van der Waals surface area contributed by atoms with Gasteiger partial charge in [-0.15, -0.1) is 6.58 Å². The molecule has 1 amide bonds. The van der Waals surface area contributed by atoms with Crippen LogP contribution >= 0.6 is 0 Å². The number of ether oxygens (including phenoxy) is 2. The lowest BCUT2D eigenvalue weighted by atomic mass is 10.2. The number of hydrogen-bond donors (Lipinski definition) is 1. The van der Waals surface area contributed by atoms with Crippen LogP contribution in [-0.4, -0.2) is 24.3 Å². The number of nitrogens with two attached hydrogens (primary N) is 1. The molecule has 2 unspecified atom stereocenters. The zero-order valence-corrected chi connectivity index (χ0v) is 11.6. The lowest BCUT2D eigenvalue weighted by molar-refractivity contribution is -0.144. The van der Waals surface area contributed by atoms with Crippen molar-refractivity contribution in [2.45, 2.75) is 39.7 Å². The first-order valence-electron chi connectivity index (χ1n) is 5.99. The van der Waals surface area contributed by atoms with Crippen molar-refractivity contribution in [2.75, 3.05) is 6.61 Å². The van der Waals surface area contributed by atoms with Crippen LogP contribution in [0.3, 0.4) is 0 Å². The molecule has 0 aliphatic heterocycles. The molecule has 2 N–H and O–H groups in total. The van der Waals surface area contributed by atoms with Crippen LogP contribution in [0.4, 0.5) is 4.79 Å². The average molecular weight is 257 g/mol. The van der Waals surface area contributed by atoms with E-state index in [4.69, 9.17) is 10.5 Å². The summed E-state index contributed by atoms with van der Waals surface area (Å²) in [5, 5.41) is 0. The third-order valence-corrected chi connectivity index (χ3v) is 2.14. The molecule has 0 heterocycles. The minimum atomic E-state index is -0.725. The van der Waals surface area contributed by atoms with Crippen LogP contribution in [0, 0.1) is 11.8 Å². The van der Waals surface area contributed by atoms with Gasteiger partial charge in [0.25, 0.3) is 0 Å². The number of carbonyl (C=O) groups is 2. The number of carbonyl (C=O) groups excluding carboxylic acids is 2. The maximum absolute atomic E-state index is 10.9. The Balaban J connectivity index is 0.000000331. The zero-order chi connectivity index (χ0) is 14.3. The van der Waals surface area contributed by atoms with Gasteiger partial charge in [-0.1, -0.05) is 6.08 Å². The second kappa shape index (κ2) is 7.03. The molecule has 0 aromatic carbocycles. The summed E-state index contributed by atoms with van der Waals surface area (Å²) >= 11 is 0. The minimum Gasteiger partial charge on any atom is -0.466 e. The Labute approximate surface area is 108 Å². The van der Waals surface area contributed by atoms with E-state index in [2.05, 4.69) is 11.3 Å². The molecule has 2 atom stereocenters. The summed E-state index contributed by atoms with van der Waals surface area (Å²) in [6.07, 6.45) is 2.03. The van der Waals surface area contributed by atoms with Gasteiger partial charge in [0.05, 0.1) is 12.5 Å². The number of rotatable bonds is 3. The van der Waals surface area contributed by atoms with E-state index in [0.717, 1.165) is 6.42 Å². The molecule has 1 aliphatic rings. The molecule has 1 saturated carbocycles. The van der Waals surface area contributed by atoms with Crippen LogP contribution in [0.15, 0.2) is 12.7 Å². The first-order valence-corrected chi connectivity index (χ1v) is 5.99. The van der Waals surface area contributed by atoms with E-state index in [1.54, 1.807) is 20.8 Å². The summed E-state index contributed by atoms with van der Waals surface area (Å²) in [6, 6.07) is 0. The van der Waals surface area contributed by atoms with Gasteiger partial charge >= 0.3 is 12.1 Å². The Morgan fingerprint density at radius 3 is 2.22 bits per heavy atom. The lowest BCUT2D eigenvalue weighted by Gasteiger charge is -2.16. The second-order valence-corrected chi connectivity index (χ2v) is 5.03. The van der Waals surface area contributed by atoms with Gasteiger partial charge in [-0.25, -0.2) is 4.79 Å². The molecule has 0 aromatic heterocycles. The van der Waals surface area contributed by atoms with Crippen molar-refractivity contribution >= 4 is 12.1 Å². The highest BCUT2D eigenvalue weighted by molar-refractivity contribution is 5.76. The van der Waals surface area contributed by atoms with Crippen molar-refractivity contribution < 1.29 is 19.1 Å². The predicted molar refractivity (Wildman–Crippen MR) is 68.8 cm³/mol. The summed E-state index contributed by atoms with van der Waals surface area (Å²) in [6.45, 7) is 11.2. The van der Waals surface area contributed by atoms with Gasteiger partial charge in [0.15, 0.2) is 0 Å². The van der Waals surface area contributed by atoms with Crippen molar-refractivity contribution in [3.05, 3.63) is 12.7 Å². The van der Waals surface area contributed by atoms with Gasteiger partial charge in [0.1, 0.15) is 5.60 Å². The fourth-order valence-corrected chi connectivity index (χ4v) is 1.30. The van der Waals surface area contributed by atoms with Gasteiger partial charge in [0, 0.05) is 0 Å². The predicted octanol–water partition coefficient (Wildman–Crippen LogP) is 2.25. The highest BCUT2D eigenvalue weighted by Crippen LogP contribution is 2.39. The smallest absolute Gasteiger partial charge is 0.405 e. The van der Waals surface area contributed by atoms with E-state index in [-0.39, 0.29) is 11.9 Å². The number of amides is 1. The Hall–Kier alpha value is -1.52. The number of primary amides is 1. The standard InChI is InChI=1S/C8H12O2.C5H11NO2/c1-3-6-5-7(6)8(9)10-4-2;1-5(2,3)8-4(6)7/h3,6-7H,1,4-5H2,2H3;1-3H3,(H2,6,7). The molecule has 0 bridgehead atoms. The van der Waals surface area contributed by atoms with Crippen LogP contribution in [0.25, 0.3) is 0 Å². The highest BCUT2D eigenvalue weighted by atomic mass is 16.6. The Morgan fingerprint density at radius 2 is 2.00 bits per heavy atom. The van der Waals surface area contributed by atoms with Crippen molar-refractivity contribution in [2.24, 2.45) is 17.6 Å². The summed E-state index contributed by atoms with van der Waals surface area (Å²) in [5.74, 6) is 0.448. The Morgan fingerprint density at radius 1 is 1.44 bits per heavy atom. The maximum Gasteiger partial charge on any atom is 0.405 e. The first-order chi connectivity index (χ1) is 8.21.